The highest BCUT2D eigenvalue weighted by atomic mass is 35.5. The van der Waals surface area contributed by atoms with Crippen LogP contribution in [0.15, 0.2) is 24.3 Å². The lowest BCUT2D eigenvalue weighted by molar-refractivity contribution is -0.153. The van der Waals surface area contributed by atoms with Gasteiger partial charge in [-0.3, -0.25) is 4.79 Å². The molecule has 1 aromatic carbocycles. The Balaban J connectivity index is 1.74. The lowest BCUT2D eigenvalue weighted by atomic mass is 10.2. The van der Waals surface area contributed by atoms with Gasteiger partial charge in [0.1, 0.15) is 5.75 Å². The average Bonchev–Trinajstić information content (AvgIpc) is 2.90. The van der Waals surface area contributed by atoms with Crippen molar-refractivity contribution in [2.75, 3.05) is 31.8 Å². The summed E-state index contributed by atoms with van der Waals surface area (Å²) in [5.74, 6) is -0.716. The second-order valence-electron chi connectivity index (χ2n) is 5.47. The second-order valence-corrected chi connectivity index (χ2v) is 8.13. The number of nitrogens with zero attached hydrogens (tertiary/aromatic N) is 1. The Morgan fingerprint density at radius 1 is 1.33 bits per heavy atom. The molecule has 0 bridgehead atoms. The zero-order valence-corrected chi connectivity index (χ0v) is 14.7. The van der Waals surface area contributed by atoms with Crippen LogP contribution in [0, 0.1) is 0 Å². The molecule has 0 saturated carbocycles. The molecule has 1 aromatic rings. The number of hydrogen-bond donors (Lipinski definition) is 0. The fraction of sp³-hybridized carbons (Fsp3) is 0.467. The summed E-state index contributed by atoms with van der Waals surface area (Å²) < 4.78 is 32.9. The molecule has 1 saturated heterocycles. The molecule has 9 heteroatoms. The molecular formula is C15H18ClNO6S. The zero-order valence-electron chi connectivity index (χ0n) is 13.1. The van der Waals surface area contributed by atoms with E-state index in [1.165, 1.54) is 11.9 Å². The van der Waals surface area contributed by atoms with E-state index in [1.54, 1.807) is 24.3 Å². The van der Waals surface area contributed by atoms with Crippen LogP contribution in [-0.2, 0) is 24.2 Å². The summed E-state index contributed by atoms with van der Waals surface area (Å²) in [6, 6.07) is 6.16. The van der Waals surface area contributed by atoms with Gasteiger partial charge >= 0.3 is 5.97 Å². The first-order chi connectivity index (χ1) is 11.3. The van der Waals surface area contributed by atoms with Crippen LogP contribution in [-0.4, -0.2) is 63.0 Å². The fourth-order valence-corrected chi connectivity index (χ4v) is 4.22. The van der Waals surface area contributed by atoms with Crippen LogP contribution < -0.4 is 4.74 Å². The molecule has 24 heavy (non-hydrogen) atoms. The van der Waals surface area contributed by atoms with Gasteiger partial charge in [-0.25, -0.2) is 13.2 Å². The molecule has 1 aliphatic rings. The second kappa shape index (κ2) is 7.85. The van der Waals surface area contributed by atoms with Gasteiger partial charge < -0.3 is 14.4 Å². The van der Waals surface area contributed by atoms with E-state index in [0.29, 0.717) is 17.2 Å². The van der Waals surface area contributed by atoms with Crippen LogP contribution >= 0.6 is 11.6 Å². The van der Waals surface area contributed by atoms with E-state index >= 15 is 0 Å². The van der Waals surface area contributed by atoms with Crippen molar-refractivity contribution in [3.05, 3.63) is 29.3 Å². The van der Waals surface area contributed by atoms with Crippen molar-refractivity contribution in [3.63, 3.8) is 0 Å². The maximum atomic E-state index is 12.0. The van der Waals surface area contributed by atoms with Crippen LogP contribution in [0.4, 0.5) is 0 Å². The molecule has 0 aliphatic carbocycles. The summed E-state index contributed by atoms with van der Waals surface area (Å²) in [6.07, 6.45) is 0.399. The summed E-state index contributed by atoms with van der Waals surface area (Å²) >= 11 is 5.79. The smallest absolute Gasteiger partial charge is 0.344 e. The SMILES string of the molecule is CN(C(=O)COC(=O)COc1cccc(Cl)c1)[C@H]1CCS(=O)(=O)C1. The predicted molar refractivity (Wildman–Crippen MR) is 87.7 cm³/mol. The minimum Gasteiger partial charge on any atom is -0.482 e. The molecule has 0 N–H and O–H groups in total. The molecule has 1 atom stereocenters. The number of sulfone groups is 1. The minimum absolute atomic E-state index is 0.0545. The van der Waals surface area contributed by atoms with Gasteiger partial charge in [0.2, 0.25) is 0 Å². The van der Waals surface area contributed by atoms with Crippen LogP contribution in [0.2, 0.25) is 5.02 Å². The number of benzene rings is 1. The van der Waals surface area contributed by atoms with Crippen LogP contribution in [0.3, 0.4) is 0 Å². The van der Waals surface area contributed by atoms with Gasteiger partial charge in [-0.15, -0.1) is 0 Å². The van der Waals surface area contributed by atoms with Gasteiger partial charge in [0.25, 0.3) is 5.91 Å². The first-order valence-corrected chi connectivity index (χ1v) is 9.47. The molecule has 1 fully saturated rings. The fourth-order valence-electron chi connectivity index (χ4n) is 2.27. The summed E-state index contributed by atoms with van der Waals surface area (Å²) in [7, 11) is -1.58. The molecule has 0 unspecified atom stereocenters. The maximum Gasteiger partial charge on any atom is 0.344 e. The van der Waals surface area contributed by atoms with E-state index < -0.39 is 28.3 Å². The Hall–Kier alpha value is -1.80. The number of likely N-dealkylation sites (N-methyl/N-ethyl adjacent to an activating group) is 1. The van der Waals surface area contributed by atoms with E-state index in [2.05, 4.69) is 0 Å². The van der Waals surface area contributed by atoms with Crippen molar-refractivity contribution in [2.24, 2.45) is 0 Å². The Morgan fingerprint density at radius 3 is 2.71 bits per heavy atom. The largest absolute Gasteiger partial charge is 0.482 e. The van der Waals surface area contributed by atoms with Crippen molar-refractivity contribution >= 4 is 33.3 Å². The van der Waals surface area contributed by atoms with E-state index in [-0.39, 0.29) is 24.2 Å². The third-order valence-electron chi connectivity index (χ3n) is 3.66. The van der Waals surface area contributed by atoms with E-state index in [1.807, 2.05) is 0 Å². The first-order valence-electron chi connectivity index (χ1n) is 7.27. The van der Waals surface area contributed by atoms with Gasteiger partial charge in [0, 0.05) is 18.1 Å². The molecule has 2 rings (SSSR count). The van der Waals surface area contributed by atoms with Gasteiger partial charge in [-0.2, -0.15) is 0 Å². The molecule has 1 amide bonds. The predicted octanol–water partition coefficient (Wildman–Crippen LogP) is 0.907. The highest BCUT2D eigenvalue weighted by Crippen LogP contribution is 2.17. The molecule has 1 heterocycles. The van der Waals surface area contributed by atoms with Crippen molar-refractivity contribution in [3.8, 4) is 5.75 Å². The minimum atomic E-state index is -3.08. The highest BCUT2D eigenvalue weighted by Gasteiger charge is 2.32. The van der Waals surface area contributed by atoms with Gasteiger partial charge in [0.15, 0.2) is 23.1 Å². The van der Waals surface area contributed by atoms with E-state index in [9.17, 15) is 18.0 Å². The van der Waals surface area contributed by atoms with Crippen LogP contribution in [0.25, 0.3) is 0 Å². The Kier molecular flexibility index (Phi) is 6.06. The Bertz CT molecular complexity index is 720. The highest BCUT2D eigenvalue weighted by molar-refractivity contribution is 7.91. The number of carbonyl (C=O) groups is 2. The Labute approximate surface area is 145 Å². The number of amides is 1. The molecule has 7 nitrogen and oxygen atoms in total. The average molecular weight is 376 g/mol. The zero-order chi connectivity index (χ0) is 17.7. The third-order valence-corrected chi connectivity index (χ3v) is 5.64. The standard InChI is InChI=1S/C15H18ClNO6S/c1-17(12-5-6-24(20,21)10-12)14(18)8-23-15(19)9-22-13-4-2-3-11(16)7-13/h2-4,7,12H,5-6,8-10H2,1H3/t12-/m0/s1. The summed E-state index contributed by atoms with van der Waals surface area (Å²) in [6.45, 7) is -0.806. The third kappa shape index (κ3) is 5.38. The number of esters is 1. The number of halogens is 1. The van der Waals surface area contributed by atoms with E-state index in [4.69, 9.17) is 21.1 Å². The van der Waals surface area contributed by atoms with Gasteiger partial charge in [0.05, 0.1) is 11.5 Å². The van der Waals surface area contributed by atoms with E-state index in [0.717, 1.165) is 0 Å². The molecular weight excluding hydrogens is 358 g/mol. The van der Waals surface area contributed by atoms with Gasteiger partial charge in [-0.1, -0.05) is 17.7 Å². The van der Waals surface area contributed by atoms with Gasteiger partial charge in [-0.05, 0) is 24.6 Å². The normalized spacial score (nSPS) is 18.8. The summed E-state index contributed by atoms with van der Waals surface area (Å²) in [4.78, 5) is 24.9. The topological polar surface area (TPSA) is 90.0 Å². The molecule has 0 radical (unpaired) electrons. The molecule has 132 valence electrons. The monoisotopic (exact) mass is 375 g/mol. The molecule has 0 aromatic heterocycles. The molecule has 0 spiro atoms. The van der Waals surface area contributed by atoms with Crippen molar-refractivity contribution in [1.82, 2.24) is 4.90 Å². The number of ether oxygens (including phenoxy) is 2. The maximum absolute atomic E-state index is 12.0. The number of carbonyl (C=O) groups excluding carboxylic acids is 2. The lowest BCUT2D eigenvalue weighted by Crippen LogP contribution is -2.40. The summed E-state index contributed by atoms with van der Waals surface area (Å²) in [5.41, 5.74) is 0. The number of rotatable bonds is 6. The van der Waals surface area contributed by atoms with Crippen LogP contribution in [0.1, 0.15) is 6.42 Å². The van der Waals surface area contributed by atoms with Crippen molar-refractivity contribution in [1.29, 1.82) is 0 Å². The summed E-state index contributed by atoms with van der Waals surface area (Å²) in [5, 5.41) is 0.476. The Morgan fingerprint density at radius 2 is 2.08 bits per heavy atom. The number of hydrogen-bond acceptors (Lipinski definition) is 6. The van der Waals surface area contributed by atoms with Crippen molar-refractivity contribution < 1.29 is 27.5 Å². The van der Waals surface area contributed by atoms with Crippen molar-refractivity contribution in [2.45, 2.75) is 12.5 Å². The molecule has 1 aliphatic heterocycles. The quantitative estimate of drug-likeness (QED) is 0.686. The lowest BCUT2D eigenvalue weighted by Gasteiger charge is -2.23. The first kappa shape index (κ1) is 18.5. The van der Waals surface area contributed by atoms with Crippen LogP contribution in [0.5, 0.6) is 5.75 Å².